The number of nitrogens with zero attached hydrogens (tertiary/aromatic N) is 4. The summed E-state index contributed by atoms with van der Waals surface area (Å²) in [5.41, 5.74) is 1.25. The van der Waals surface area contributed by atoms with Crippen molar-refractivity contribution >= 4 is 17.0 Å². The van der Waals surface area contributed by atoms with Gasteiger partial charge >= 0.3 is 5.97 Å². The standard InChI is InChI=1S/C17H17N5O8/c1-8(7-28-22(26)27)29-17(23)13-9(2)18-10(3)16(21(24)25)14(13)11-5-4-6-12-15(11)20-30-19-12/h4-6,8,14,18H,7H2,1-3H3. The number of carbonyl (C=O) groups is 1. The van der Waals surface area contributed by atoms with E-state index in [1.165, 1.54) is 13.8 Å². The molecule has 0 radical (unpaired) electrons. The topological polar surface area (TPSA) is 173 Å². The van der Waals surface area contributed by atoms with Crippen molar-refractivity contribution in [1.82, 2.24) is 15.6 Å². The molecule has 2 atom stereocenters. The molecule has 2 unspecified atom stereocenters. The zero-order chi connectivity index (χ0) is 22.0. The average Bonchev–Trinajstić information content (AvgIpc) is 3.14. The Hall–Kier alpha value is -4.03. The first-order valence-corrected chi connectivity index (χ1v) is 8.73. The van der Waals surface area contributed by atoms with Gasteiger partial charge in [0.05, 0.1) is 16.2 Å². The molecule has 13 heteroatoms. The fourth-order valence-corrected chi connectivity index (χ4v) is 3.30. The molecule has 1 N–H and O–H groups in total. The SMILES string of the molecule is CC1=C(C(=O)OC(C)CO[N+](=O)[O-])C(c2cccc3nonc23)C([N+](=O)[O-])=C(C)N1. The fraction of sp³-hybridized carbons (Fsp3) is 0.353. The van der Waals surface area contributed by atoms with Crippen LogP contribution in [0.25, 0.3) is 11.0 Å². The van der Waals surface area contributed by atoms with Crippen molar-refractivity contribution in [2.75, 3.05) is 6.61 Å². The highest BCUT2D eigenvalue weighted by molar-refractivity contribution is 5.94. The van der Waals surface area contributed by atoms with Gasteiger partial charge in [-0.15, -0.1) is 10.1 Å². The fourth-order valence-electron chi connectivity index (χ4n) is 3.30. The van der Waals surface area contributed by atoms with Crippen LogP contribution in [-0.2, 0) is 14.4 Å². The molecular weight excluding hydrogens is 402 g/mol. The molecule has 2 aromatic rings. The van der Waals surface area contributed by atoms with E-state index < -0.39 is 34.6 Å². The maximum absolute atomic E-state index is 12.9. The second kappa shape index (κ2) is 8.14. The highest BCUT2D eigenvalue weighted by atomic mass is 17.0. The van der Waals surface area contributed by atoms with Crippen LogP contribution >= 0.6 is 0 Å². The van der Waals surface area contributed by atoms with Gasteiger partial charge in [0.25, 0.3) is 10.8 Å². The summed E-state index contributed by atoms with van der Waals surface area (Å²) in [4.78, 5) is 38.8. The number of fused-ring (bicyclic) bond motifs is 1. The quantitative estimate of drug-likeness (QED) is 0.394. The smallest absolute Gasteiger partial charge is 0.337 e. The van der Waals surface area contributed by atoms with E-state index in [1.54, 1.807) is 25.1 Å². The van der Waals surface area contributed by atoms with Crippen LogP contribution in [0.1, 0.15) is 32.3 Å². The highest BCUT2D eigenvalue weighted by Crippen LogP contribution is 2.41. The molecule has 0 bridgehead atoms. The number of dihydropyridines is 1. The number of ether oxygens (including phenoxy) is 1. The van der Waals surface area contributed by atoms with Crippen molar-refractivity contribution in [3.05, 3.63) is 66.7 Å². The molecule has 0 amide bonds. The van der Waals surface area contributed by atoms with Crippen LogP contribution in [-0.4, -0.2) is 39.0 Å². The Morgan fingerprint density at radius 2 is 2.00 bits per heavy atom. The van der Waals surface area contributed by atoms with Crippen LogP contribution < -0.4 is 5.32 Å². The number of esters is 1. The van der Waals surface area contributed by atoms with Crippen molar-refractivity contribution in [2.24, 2.45) is 0 Å². The molecule has 1 aromatic carbocycles. The van der Waals surface area contributed by atoms with Gasteiger partial charge in [0.2, 0.25) is 0 Å². The van der Waals surface area contributed by atoms with Gasteiger partial charge in [-0.1, -0.05) is 12.1 Å². The lowest BCUT2D eigenvalue weighted by atomic mass is 9.83. The van der Waals surface area contributed by atoms with E-state index in [9.17, 15) is 25.0 Å². The third-order valence-electron chi connectivity index (χ3n) is 4.49. The molecule has 0 fully saturated rings. The molecule has 1 aromatic heterocycles. The lowest BCUT2D eigenvalue weighted by Gasteiger charge is -2.27. The largest absolute Gasteiger partial charge is 0.457 e. The molecule has 2 heterocycles. The first-order chi connectivity index (χ1) is 14.2. The number of allylic oxidation sites excluding steroid dienone is 3. The summed E-state index contributed by atoms with van der Waals surface area (Å²) in [7, 11) is 0. The number of aromatic nitrogens is 2. The summed E-state index contributed by atoms with van der Waals surface area (Å²) in [5, 5.41) is 31.6. The van der Waals surface area contributed by atoms with Gasteiger partial charge in [0, 0.05) is 11.3 Å². The number of nitro groups is 1. The normalized spacial score (nSPS) is 17.5. The number of benzene rings is 1. The first-order valence-electron chi connectivity index (χ1n) is 8.73. The van der Waals surface area contributed by atoms with E-state index in [0.29, 0.717) is 16.8 Å². The van der Waals surface area contributed by atoms with E-state index in [2.05, 4.69) is 20.5 Å². The van der Waals surface area contributed by atoms with Crippen molar-refractivity contribution in [3.63, 3.8) is 0 Å². The van der Waals surface area contributed by atoms with Gasteiger partial charge in [0.1, 0.15) is 29.7 Å². The molecular formula is C17H17N5O8. The first kappa shape index (κ1) is 20.7. The minimum atomic E-state index is -1.13. The number of hydrogen-bond acceptors (Lipinski definition) is 11. The lowest BCUT2D eigenvalue weighted by Crippen LogP contribution is -2.33. The summed E-state index contributed by atoms with van der Waals surface area (Å²) in [6.07, 6.45) is -0.973. The monoisotopic (exact) mass is 419 g/mol. The van der Waals surface area contributed by atoms with Gasteiger partial charge in [-0.05, 0) is 37.2 Å². The summed E-state index contributed by atoms with van der Waals surface area (Å²) >= 11 is 0. The maximum Gasteiger partial charge on any atom is 0.337 e. The van der Waals surface area contributed by atoms with Crippen LogP contribution in [0.3, 0.4) is 0 Å². The lowest BCUT2D eigenvalue weighted by molar-refractivity contribution is -0.759. The second-order valence-electron chi connectivity index (χ2n) is 6.58. The van der Waals surface area contributed by atoms with Gasteiger partial charge in [-0.2, -0.15) is 0 Å². The molecule has 1 aliphatic rings. The van der Waals surface area contributed by atoms with Crippen LogP contribution in [0.5, 0.6) is 0 Å². The Bertz CT molecular complexity index is 1090. The van der Waals surface area contributed by atoms with Crippen molar-refractivity contribution in [3.8, 4) is 0 Å². The van der Waals surface area contributed by atoms with Gasteiger partial charge in [-0.3, -0.25) is 10.1 Å². The molecule has 158 valence electrons. The summed E-state index contributed by atoms with van der Waals surface area (Å²) in [6.45, 7) is 4.01. The van der Waals surface area contributed by atoms with Crippen molar-refractivity contribution in [1.29, 1.82) is 0 Å². The Balaban J connectivity index is 2.06. The van der Waals surface area contributed by atoms with E-state index in [4.69, 9.17) is 9.37 Å². The Morgan fingerprint density at radius 3 is 2.67 bits per heavy atom. The van der Waals surface area contributed by atoms with Crippen LogP contribution in [0, 0.1) is 20.2 Å². The number of nitrogens with one attached hydrogen (secondary N) is 1. The van der Waals surface area contributed by atoms with Crippen molar-refractivity contribution in [2.45, 2.75) is 32.8 Å². The van der Waals surface area contributed by atoms with Crippen LogP contribution in [0.2, 0.25) is 0 Å². The molecule has 3 rings (SSSR count). The molecule has 0 saturated carbocycles. The average molecular weight is 419 g/mol. The Labute approximate surface area is 168 Å². The van der Waals surface area contributed by atoms with Crippen LogP contribution in [0.4, 0.5) is 0 Å². The highest BCUT2D eigenvalue weighted by Gasteiger charge is 2.42. The molecule has 13 nitrogen and oxygen atoms in total. The second-order valence-corrected chi connectivity index (χ2v) is 6.58. The molecule has 0 aliphatic carbocycles. The number of hydrogen-bond donors (Lipinski definition) is 1. The molecule has 1 aliphatic heterocycles. The minimum Gasteiger partial charge on any atom is -0.457 e. The summed E-state index contributed by atoms with van der Waals surface area (Å²) in [6, 6.07) is 4.81. The Kier molecular flexibility index (Phi) is 5.62. The van der Waals surface area contributed by atoms with E-state index >= 15 is 0 Å². The third kappa shape index (κ3) is 3.90. The van der Waals surface area contributed by atoms with Gasteiger partial charge in [-0.25, -0.2) is 9.42 Å². The van der Waals surface area contributed by atoms with E-state index in [1.807, 2.05) is 0 Å². The molecule has 0 spiro atoms. The predicted molar refractivity (Wildman–Crippen MR) is 98.6 cm³/mol. The van der Waals surface area contributed by atoms with E-state index in [0.717, 1.165) is 0 Å². The summed E-state index contributed by atoms with van der Waals surface area (Å²) < 4.78 is 9.99. The molecule has 0 saturated heterocycles. The molecule has 30 heavy (non-hydrogen) atoms. The van der Waals surface area contributed by atoms with Gasteiger partial charge in [0.15, 0.2) is 0 Å². The zero-order valence-electron chi connectivity index (χ0n) is 16.1. The van der Waals surface area contributed by atoms with Crippen LogP contribution in [0.15, 0.2) is 45.5 Å². The van der Waals surface area contributed by atoms with E-state index in [-0.39, 0.29) is 22.5 Å². The third-order valence-corrected chi connectivity index (χ3v) is 4.49. The zero-order valence-corrected chi connectivity index (χ0v) is 16.1. The van der Waals surface area contributed by atoms with Gasteiger partial charge < -0.3 is 14.9 Å². The maximum atomic E-state index is 12.9. The summed E-state index contributed by atoms with van der Waals surface area (Å²) in [5.74, 6) is -2.02. The van der Waals surface area contributed by atoms with Crippen molar-refractivity contribution < 1.29 is 29.0 Å². The number of carbonyl (C=O) groups excluding carboxylic acids is 1. The number of rotatable bonds is 7. The predicted octanol–water partition coefficient (Wildman–Crippen LogP) is 1.83. The minimum absolute atomic E-state index is 0.0317. The Morgan fingerprint density at radius 1 is 1.27 bits per heavy atom.